The van der Waals surface area contributed by atoms with Crippen LogP contribution in [0.2, 0.25) is 0 Å². The van der Waals surface area contributed by atoms with Gasteiger partial charge in [0.2, 0.25) is 5.91 Å². The van der Waals surface area contributed by atoms with Crippen molar-refractivity contribution >= 4 is 17.6 Å². The molecule has 1 saturated heterocycles. The van der Waals surface area contributed by atoms with Gasteiger partial charge in [0.25, 0.3) is 5.91 Å². The van der Waals surface area contributed by atoms with E-state index in [0.29, 0.717) is 37.1 Å². The maximum Gasteiger partial charge on any atom is 0.267 e. The number of nitrogens with zero attached hydrogens (tertiary/aromatic N) is 3. The Labute approximate surface area is 116 Å². The molecule has 1 aromatic heterocycles. The van der Waals surface area contributed by atoms with Crippen molar-refractivity contribution < 1.29 is 9.59 Å². The molecule has 2 fully saturated rings. The van der Waals surface area contributed by atoms with Gasteiger partial charge < -0.3 is 16.4 Å². The molecule has 2 amide bonds. The third-order valence-corrected chi connectivity index (χ3v) is 3.84. The summed E-state index contributed by atoms with van der Waals surface area (Å²) in [6.45, 7) is 1.24. The Bertz CT molecular complexity index is 570. The van der Waals surface area contributed by atoms with Gasteiger partial charge in [-0.3, -0.25) is 9.59 Å². The zero-order valence-electron chi connectivity index (χ0n) is 11.1. The van der Waals surface area contributed by atoms with Crippen molar-refractivity contribution in [1.82, 2.24) is 9.97 Å². The molecule has 7 nitrogen and oxygen atoms in total. The molecule has 0 radical (unpaired) electrons. The highest BCUT2D eigenvalue weighted by atomic mass is 16.1. The summed E-state index contributed by atoms with van der Waals surface area (Å²) >= 11 is 0. The highest BCUT2D eigenvalue weighted by Crippen LogP contribution is 2.39. The van der Waals surface area contributed by atoms with Crippen LogP contribution in [0.5, 0.6) is 0 Å². The van der Waals surface area contributed by atoms with Gasteiger partial charge in [0.1, 0.15) is 17.3 Å². The second kappa shape index (κ2) is 4.73. The molecule has 1 aromatic rings. The summed E-state index contributed by atoms with van der Waals surface area (Å²) in [7, 11) is 0. The lowest BCUT2D eigenvalue weighted by Gasteiger charge is -2.18. The Morgan fingerprint density at radius 3 is 2.50 bits per heavy atom. The van der Waals surface area contributed by atoms with Gasteiger partial charge in [0.05, 0.1) is 5.92 Å². The first-order valence-corrected chi connectivity index (χ1v) is 6.77. The highest BCUT2D eigenvalue weighted by Gasteiger charge is 2.31. The van der Waals surface area contributed by atoms with E-state index in [9.17, 15) is 9.59 Å². The van der Waals surface area contributed by atoms with E-state index in [1.165, 1.54) is 0 Å². The predicted molar refractivity (Wildman–Crippen MR) is 72.0 cm³/mol. The van der Waals surface area contributed by atoms with E-state index in [2.05, 4.69) is 9.97 Å². The van der Waals surface area contributed by atoms with Crippen molar-refractivity contribution in [2.45, 2.75) is 25.2 Å². The number of primary amides is 2. The molecule has 1 unspecified atom stereocenters. The van der Waals surface area contributed by atoms with Gasteiger partial charge in [-0.1, -0.05) is 0 Å². The molecule has 4 N–H and O–H groups in total. The molecule has 0 spiro atoms. The number of aromatic nitrogens is 2. The molecule has 106 valence electrons. The number of hydrogen-bond donors (Lipinski definition) is 2. The zero-order chi connectivity index (χ0) is 14.3. The molecule has 1 atom stereocenters. The number of anilines is 1. The molecule has 7 heteroatoms. The lowest BCUT2D eigenvalue weighted by molar-refractivity contribution is -0.121. The van der Waals surface area contributed by atoms with Gasteiger partial charge in [0.15, 0.2) is 0 Å². The number of carbonyl (C=O) groups excluding carboxylic acids is 2. The molecule has 1 saturated carbocycles. The number of carbonyl (C=O) groups is 2. The van der Waals surface area contributed by atoms with Gasteiger partial charge in [0, 0.05) is 25.1 Å². The van der Waals surface area contributed by atoms with Crippen LogP contribution in [0.3, 0.4) is 0 Å². The summed E-state index contributed by atoms with van der Waals surface area (Å²) in [5, 5.41) is 0. The lowest BCUT2D eigenvalue weighted by Crippen LogP contribution is -2.28. The first-order valence-electron chi connectivity index (χ1n) is 6.77. The average molecular weight is 275 g/mol. The fourth-order valence-electron chi connectivity index (χ4n) is 2.47. The van der Waals surface area contributed by atoms with E-state index in [0.717, 1.165) is 12.8 Å². The maximum atomic E-state index is 11.4. The Kier molecular flexibility index (Phi) is 3.04. The normalized spacial score (nSPS) is 22.0. The van der Waals surface area contributed by atoms with Crippen molar-refractivity contribution in [2.24, 2.45) is 17.4 Å². The minimum Gasteiger partial charge on any atom is -0.369 e. The summed E-state index contributed by atoms with van der Waals surface area (Å²) in [5.74, 6) is 0.674. The van der Waals surface area contributed by atoms with Crippen LogP contribution >= 0.6 is 0 Å². The Balaban J connectivity index is 1.88. The SMILES string of the molecule is NC(=O)c1cc(N2CCC(C(N)=O)C2)nc(C2CC2)n1. The first kappa shape index (κ1) is 12.8. The van der Waals surface area contributed by atoms with E-state index < -0.39 is 5.91 Å². The standard InChI is InChI=1S/C13H17N5O2/c14-11(19)8-3-4-18(6-8)10-5-9(12(15)20)16-13(17-10)7-1-2-7/h5,7-8H,1-4,6H2,(H2,14,19)(H2,15,20). The number of hydrogen-bond acceptors (Lipinski definition) is 5. The van der Waals surface area contributed by atoms with Crippen molar-refractivity contribution in [2.75, 3.05) is 18.0 Å². The summed E-state index contributed by atoms with van der Waals surface area (Å²) in [6.07, 6.45) is 2.81. The van der Waals surface area contributed by atoms with Crippen LogP contribution in [0.15, 0.2) is 6.07 Å². The number of rotatable bonds is 4. The van der Waals surface area contributed by atoms with E-state index in [4.69, 9.17) is 11.5 Å². The van der Waals surface area contributed by atoms with Gasteiger partial charge in [-0.15, -0.1) is 0 Å². The van der Waals surface area contributed by atoms with Crippen LogP contribution < -0.4 is 16.4 Å². The average Bonchev–Trinajstić information content (AvgIpc) is 3.14. The molecule has 20 heavy (non-hydrogen) atoms. The predicted octanol–water partition coefficient (Wildman–Crippen LogP) is -0.236. The fraction of sp³-hybridized carbons (Fsp3) is 0.538. The van der Waals surface area contributed by atoms with Gasteiger partial charge >= 0.3 is 0 Å². The van der Waals surface area contributed by atoms with E-state index in [-0.39, 0.29) is 17.5 Å². The summed E-state index contributed by atoms with van der Waals surface area (Å²) in [6, 6.07) is 1.59. The van der Waals surface area contributed by atoms with Crippen LogP contribution in [-0.4, -0.2) is 34.9 Å². The van der Waals surface area contributed by atoms with Crippen molar-refractivity contribution in [3.05, 3.63) is 17.6 Å². The monoisotopic (exact) mass is 275 g/mol. The molecule has 2 heterocycles. The number of nitrogens with two attached hydrogens (primary N) is 2. The minimum atomic E-state index is -0.554. The second-order valence-corrected chi connectivity index (χ2v) is 5.44. The molecule has 3 rings (SSSR count). The minimum absolute atomic E-state index is 0.161. The zero-order valence-corrected chi connectivity index (χ0v) is 11.1. The third-order valence-electron chi connectivity index (χ3n) is 3.84. The highest BCUT2D eigenvalue weighted by molar-refractivity contribution is 5.91. The van der Waals surface area contributed by atoms with Crippen LogP contribution in [0, 0.1) is 5.92 Å². The van der Waals surface area contributed by atoms with Crippen LogP contribution in [0.1, 0.15) is 41.5 Å². The van der Waals surface area contributed by atoms with Gasteiger partial charge in [-0.05, 0) is 19.3 Å². The molecule has 1 aliphatic heterocycles. The van der Waals surface area contributed by atoms with Gasteiger partial charge in [-0.2, -0.15) is 0 Å². The third kappa shape index (κ3) is 2.43. The number of amides is 2. The lowest BCUT2D eigenvalue weighted by atomic mass is 10.1. The fourth-order valence-corrected chi connectivity index (χ4v) is 2.47. The Morgan fingerprint density at radius 2 is 1.95 bits per heavy atom. The molecule has 2 aliphatic rings. The van der Waals surface area contributed by atoms with Crippen molar-refractivity contribution in [3.63, 3.8) is 0 Å². The first-order chi connectivity index (χ1) is 9.54. The molecular weight excluding hydrogens is 258 g/mol. The van der Waals surface area contributed by atoms with Crippen molar-refractivity contribution in [1.29, 1.82) is 0 Å². The maximum absolute atomic E-state index is 11.4. The second-order valence-electron chi connectivity index (χ2n) is 5.44. The van der Waals surface area contributed by atoms with Crippen LogP contribution in [-0.2, 0) is 4.79 Å². The largest absolute Gasteiger partial charge is 0.369 e. The van der Waals surface area contributed by atoms with E-state index in [1.54, 1.807) is 6.07 Å². The van der Waals surface area contributed by atoms with Crippen LogP contribution in [0.25, 0.3) is 0 Å². The molecule has 0 bridgehead atoms. The summed E-state index contributed by atoms with van der Waals surface area (Å²) < 4.78 is 0. The smallest absolute Gasteiger partial charge is 0.267 e. The summed E-state index contributed by atoms with van der Waals surface area (Å²) in [4.78, 5) is 33.3. The summed E-state index contributed by atoms with van der Waals surface area (Å²) in [5.41, 5.74) is 10.9. The quantitative estimate of drug-likeness (QED) is 0.787. The molecule has 0 aromatic carbocycles. The Morgan fingerprint density at radius 1 is 1.20 bits per heavy atom. The molecule has 1 aliphatic carbocycles. The topological polar surface area (TPSA) is 115 Å². The Hall–Kier alpha value is -2.18. The van der Waals surface area contributed by atoms with E-state index >= 15 is 0 Å². The van der Waals surface area contributed by atoms with Gasteiger partial charge in [-0.25, -0.2) is 9.97 Å². The van der Waals surface area contributed by atoms with Crippen LogP contribution in [0.4, 0.5) is 5.82 Å². The van der Waals surface area contributed by atoms with E-state index in [1.807, 2.05) is 4.90 Å². The molecular formula is C13H17N5O2. The van der Waals surface area contributed by atoms with Crippen molar-refractivity contribution in [3.8, 4) is 0 Å².